The SMILES string of the molecule is CCCCC(CC)Nc1cccc(OCC(N)=O)c1. The summed E-state index contributed by atoms with van der Waals surface area (Å²) in [6.07, 6.45) is 4.69. The van der Waals surface area contributed by atoms with E-state index in [-0.39, 0.29) is 6.61 Å². The Bertz CT molecular complexity index is 393. The van der Waals surface area contributed by atoms with E-state index in [1.165, 1.54) is 19.3 Å². The molecule has 0 aliphatic heterocycles. The van der Waals surface area contributed by atoms with Gasteiger partial charge in [0.25, 0.3) is 5.91 Å². The maximum absolute atomic E-state index is 10.7. The van der Waals surface area contributed by atoms with Crippen molar-refractivity contribution in [1.29, 1.82) is 0 Å². The number of unbranched alkanes of at least 4 members (excludes halogenated alkanes) is 1. The number of carbonyl (C=O) groups is 1. The van der Waals surface area contributed by atoms with Crippen LogP contribution in [0.3, 0.4) is 0 Å². The molecule has 0 saturated heterocycles. The zero-order valence-electron chi connectivity index (χ0n) is 11.8. The Kier molecular flexibility index (Phi) is 6.79. The van der Waals surface area contributed by atoms with Crippen LogP contribution >= 0.6 is 0 Å². The molecule has 3 N–H and O–H groups in total. The van der Waals surface area contributed by atoms with Gasteiger partial charge >= 0.3 is 0 Å². The summed E-state index contributed by atoms with van der Waals surface area (Å²) in [5.41, 5.74) is 6.07. The van der Waals surface area contributed by atoms with Gasteiger partial charge in [-0.25, -0.2) is 0 Å². The number of carbonyl (C=O) groups excluding carboxylic acids is 1. The van der Waals surface area contributed by atoms with Crippen LogP contribution in [0.1, 0.15) is 39.5 Å². The van der Waals surface area contributed by atoms with Crippen molar-refractivity contribution >= 4 is 11.6 Å². The summed E-state index contributed by atoms with van der Waals surface area (Å²) in [7, 11) is 0. The van der Waals surface area contributed by atoms with Crippen LogP contribution in [-0.2, 0) is 4.79 Å². The van der Waals surface area contributed by atoms with Crippen LogP contribution in [0.25, 0.3) is 0 Å². The first-order chi connectivity index (χ1) is 9.15. The molecule has 1 atom stereocenters. The lowest BCUT2D eigenvalue weighted by atomic mass is 10.1. The Morgan fingerprint density at radius 1 is 1.42 bits per heavy atom. The summed E-state index contributed by atoms with van der Waals surface area (Å²) in [5, 5.41) is 3.50. The standard InChI is InChI=1S/C15H24N2O2/c1-3-5-7-12(4-2)17-13-8-6-9-14(10-13)19-11-15(16)18/h6,8-10,12,17H,3-5,7,11H2,1-2H3,(H2,16,18). The van der Waals surface area contributed by atoms with Gasteiger partial charge in [-0.3, -0.25) is 4.79 Å². The van der Waals surface area contributed by atoms with E-state index in [4.69, 9.17) is 10.5 Å². The number of ether oxygens (including phenoxy) is 1. The average Bonchev–Trinajstić information content (AvgIpc) is 2.41. The maximum Gasteiger partial charge on any atom is 0.255 e. The zero-order chi connectivity index (χ0) is 14.1. The predicted octanol–water partition coefficient (Wildman–Crippen LogP) is 2.93. The maximum atomic E-state index is 10.7. The van der Waals surface area contributed by atoms with Crippen molar-refractivity contribution in [3.05, 3.63) is 24.3 Å². The Labute approximate surface area is 115 Å². The van der Waals surface area contributed by atoms with Gasteiger partial charge in [0.1, 0.15) is 5.75 Å². The minimum Gasteiger partial charge on any atom is -0.484 e. The third-order valence-corrected chi connectivity index (χ3v) is 2.98. The fourth-order valence-corrected chi connectivity index (χ4v) is 1.89. The number of anilines is 1. The highest BCUT2D eigenvalue weighted by atomic mass is 16.5. The average molecular weight is 264 g/mol. The molecule has 0 fully saturated rings. The van der Waals surface area contributed by atoms with Gasteiger partial charge in [0, 0.05) is 17.8 Å². The third-order valence-electron chi connectivity index (χ3n) is 2.98. The second kappa shape index (κ2) is 8.40. The van der Waals surface area contributed by atoms with Crippen LogP contribution in [0.15, 0.2) is 24.3 Å². The highest BCUT2D eigenvalue weighted by Gasteiger charge is 2.06. The van der Waals surface area contributed by atoms with Gasteiger partial charge in [-0.15, -0.1) is 0 Å². The fraction of sp³-hybridized carbons (Fsp3) is 0.533. The number of benzene rings is 1. The summed E-state index contributed by atoms with van der Waals surface area (Å²) >= 11 is 0. The first-order valence-corrected chi connectivity index (χ1v) is 6.93. The minimum atomic E-state index is -0.465. The number of nitrogens with one attached hydrogen (secondary N) is 1. The normalized spacial score (nSPS) is 11.9. The van der Waals surface area contributed by atoms with Crippen LogP contribution < -0.4 is 15.8 Å². The third kappa shape index (κ3) is 6.13. The molecule has 0 saturated carbocycles. The lowest BCUT2D eigenvalue weighted by molar-refractivity contribution is -0.119. The highest BCUT2D eigenvalue weighted by molar-refractivity contribution is 5.75. The molecule has 1 amide bonds. The highest BCUT2D eigenvalue weighted by Crippen LogP contribution is 2.19. The second-order valence-electron chi connectivity index (χ2n) is 4.67. The second-order valence-corrected chi connectivity index (χ2v) is 4.67. The van der Waals surface area contributed by atoms with E-state index in [0.717, 1.165) is 12.1 Å². The van der Waals surface area contributed by atoms with Crippen molar-refractivity contribution in [2.75, 3.05) is 11.9 Å². The molecule has 0 aliphatic carbocycles. The molecule has 4 heteroatoms. The molecular formula is C15H24N2O2. The van der Waals surface area contributed by atoms with Crippen molar-refractivity contribution in [2.45, 2.75) is 45.6 Å². The Balaban J connectivity index is 2.57. The molecule has 1 unspecified atom stereocenters. The molecule has 106 valence electrons. The van der Waals surface area contributed by atoms with Crippen LogP contribution in [0.4, 0.5) is 5.69 Å². The van der Waals surface area contributed by atoms with E-state index in [1.54, 1.807) is 0 Å². The van der Waals surface area contributed by atoms with E-state index in [1.807, 2.05) is 24.3 Å². The lowest BCUT2D eigenvalue weighted by Gasteiger charge is -2.18. The van der Waals surface area contributed by atoms with E-state index in [2.05, 4.69) is 19.2 Å². The Morgan fingerprint density at radius 3 is 2.84 bits per heavy atom. The van der Waals surface area contributed by atoms with Crippen molar-refractivity contribution < 1.29 is 9.53 Å². The molecule has 1 aromatic carbocycles. The molecule has 1 rings (SSSR count). The topological polar surface area (TPSA) is 64.3 Å². The molecule has 0 aliphatic rings. The number of nitrogens with two attached hydrogens (primary N) is 1. The molecule has 0 heterocycles. The Morgan fingerprint density at radius 2 is 2.21 bits per heavy atom. The van der Waals surface area contributed by atoms with E-state index >= 15 is 0 Å². The van der Waals surface area contributed by atoms with Crippen molar-refractivity contribution in [1.82, 2.24) is 0 Å². The number of rotatable bonds is 9. The van der Waals surface area contributed by atoms with Crippen molar-refractivity contribution in [3.63, 3.8) is 0 Å². The number of hydrogen-bond acceptors (Lipinski definition) is 3. The zero-order valence-corrected chi connectivity index (χ0v) is 11.8. The molecular weight excluding hydrogens is 240 g/mol. The number of hydrogen-bond donors (Lipinski definition) is 2. The quantitative estimate of drug-likeness (QED) is 0.720. The summed E-state index contributed by atoms with van der Waals surface area (Å²) in [5.74, 6) is 0.196. The molecule has 19 heavy (non-hydrogen) atoms. The smallest absolute Gasteiger partial charge is 0.255 e. The predicted molar refractivity (Wildman–Crippen MR) is 78.4 cm³/mol. The van der Waals surface area contributed by atoms with Gasteiger partial charge < -0.3 is 15.8 Å². The fourth-order valence-electron chi connectivity index (χ4n) is 1.89. The van der Waals surface area contributed by atoms with Crippen LogP contribution in [-0.4, -0.2) is 18.6 Å². The summed E-state index contributed by atoms with van der Waals surface area (Å²) in [6, 6.07) is 8.11. The van der Waals surface area contributed by atoms with E-state index in [9.17, 15) is 4.79 Å². The van der Waals surface area contributed by atoms with Gasteiger partial charge in [0.05, 0.1) is 0 Å². The van der Waals surface area contributed by atoms with E-state index < -0.39 is 5.91 Å². The van der Waals surface area contributed by atoms with E-state index in [0.29, 0.717) is 11.8 Å². The van der Waals surface area contributed by atoms with Gasteiger partial charge in [0.15, 0.2) is 6.61 Å². The summed E-state index contributed by atoms with van der Waals surface area (Å²) in [6.45, 7) is 4.29. The van der Waals surface area contributed by atoms with Gasteiger partial charge in [-0.1, -0.05) is 32.8 Å². The van der Waals surface area contributed by atoms with Crippen LogP contribution in [0.2, 0.25) is 0 Å². The molecule has 0 radical (unpaired) electrons. The number of amides is 1. The lowest BCUT2D eigenvalue weighted by Crippen LogP contribution is -2.20. The van der Waals surface area contributed by atoms with Gasteiger partial charge in [-0.05, 0) is 25.0 Å². The first kappa shape index (κ1) is 15.3. The minimum absolute atomic E-state index is 0.0868. The van der Waals surface area contributed by atoms with Crippen LogP contribution in [0, 0.1) is 0 Å². The van der Waals surface area contributed by atoms with Crippen LogP contribution in [0.5, 0.6) is 5.75 Å². The molecule has 0 bridgehead atoms. The molecule has 0 spiro atoms. The molecule has 1 aromatic rings. The Hall–Kier alpha value is -1.71. The first-order valence-electron chi connectivity index (χ1n) is 6.93. The largest absolute Gasteiger partial charge is 0.484 e. The summed E-state index contributed by atoms with van der Waals surface area (Å²) in [4.78, 5) is 10.7. The summed E-state index contributed by atoms with van der Waals surface area (Å²) < 4.78 is 5.29. The van der Waals surface area contributed by atoms with Gasteiger partial charge in [0.2, 0.25) is 0 Å². The van der Waals surface area contributed by atoms with Crippen molar-refractivity contribution in [3.8, 4) is 5.75 Å². The number of primary amides is 1. The monoisotopic (exact) mass is 264 g/mol. The molecule has 4 nitrogen and oxygen atoms in total. The molecule has 0 aromatic heterocycles. The van der Waals surface area contributed by atoms with Gasteiger partial charge in [-0.2, -0.15) is 0 Å². The van der Waals surface area contributed by atoms with Crippen molar-refractivity contribution in [2.24, 2.45) is 5.73 Å².